The lowest BCUT2D eigenvalue weighted by Gasteiger charge is -2.46. The van der Waals surface area contributed by atoms with Crippen LogP contribution < -0.4 is 15.1 Å². The van der Waals surface area contributed by atoms with Crippen LogP contribution in [0.5, 0.6) is 0 Å². The summed E-state index contributed by atoms with van der Waals surface area (Å²) in [5.74, 6) is 2.73. The monoisotopic (exact) mass is 421 g/mol. The summed E-state index contributed by atoms with van der Waals surface area (Å²) in [5, 5.41) is 3.71. The van der Waals surface area contributed by atoms with Gasteiger partial charge in [-0.2, -0.15) is 0 Å². The molecule has 5 rings (SSSR count). The van der Waals surface area contributed by atoms with E-state index in [0.29, 0.717) is 19.1 Å². The van der Waals surface area contributed by atoms with Gasteiger partial charge in [0.15, 0.2) is 0 Å². The van der Waals surface area contributed by atoms with E-state index in [9.17, 15) is 4.79 Å². The van der Waals surface area contributed by atoms with Gasteiger partial charge < -0.3 is 19.9 Å². The third-order valence-electron chi connectivity index (χ3n) is 6.83. The molecule has 1 saturated carbocycles. The first kappa shape index (κ1) is 20.2. The number of rotatable bonds is 4. The third kappa shape index (κ3) is 3.87. The molecule has 1 aliphatic carbocycles. The molecule has 1 saturated heterocycles. The second-order valence-electron chi connectivity index (χ2n) is 9.06. The Morgan fingerprint density at radius 3 is 2.68 bits per heavy atom. The lowest BCUT2D eigenvalue weighted by atomic mass is 9.80. The lowest BCUT2D eigenvalue weighted by molar-refractivity contribution is -0.117. The number of aryl methyl sites for hydroxylation is 1. The fourth-order valence-corrected chi connectivity index (χ4v) is 5.19. The van der Waals surface area contributed by atoms with Crippen LogP contribution in [0.3, 0.4) is 0 Å². The largest absolute Gasteiger partial charge is 0.378 e. The number of fused-ring (bicyclic) bond motifs is 1. The molecule has 1 N–H and O–H groups in total. The Bertz CT molecular complexity index is 970. The molecule has 3 aliphatic rings. The molecule has 0 spiro atoms. The number of anilines is 3. The first-order chi connectivity index (χ1) is 15.0. The van der Waals surface area contributed by atoms with Crippen LogP contribution in [0.25, 0.3) is 0 Å². The van der Waals surface area contributed by atoms with Gasteiger partial charge in [-0.05, 0) is 43.9 Å². The number of amides is 1. The van der Waals surface area contributed by atoms with E-state index >= 15 is 0 Å². The Morgan fingerprint density at radius 1 is 1.23 bits per heavy atom. The number of hydrogen-bond acceptors (Lipinski definition) is 6. The molecule has 2 aromatic rings. The number of morpholine rings is 1. The number of carbonyl (C=O) groups is 1. The summed E-state index contributed by atoms with van der Waals surface area (Å²) in [7, 11) is 0. The topological polar surface area (TPSA) is 70.6 Å². The molecule has 4 heterocycles. The maximum absolute atomic E-state index is 12.8. The molecule has 2 aromatic heterocycles. The van der Waals surface area contributed by atoms with Crippen LogP contribution in [0.15, 0.2) is 30.5 Å². The number of nitrogens with zero attached hydrogens (tertiary/aromatic N) is 4. The molecule has 7 heteroatoms. The Hall–Kier alpha value is -2.67. The van der Waals surface area contributed by atoms with Crippen molar-refractivity contribution in [1.29, 1.82) is 0 Å². The summed E-state index contributed by atoms with van der Waals surface area (Å²) >= 11 is 0. The molecule has 2 fully saturated rings. The van der Waals surface area contributed by atoms with E-state index in [-0.39, 0.29) is 23.9 Å². The predicted octanol–water partition coefficient (Wildman–Crippen LogP) is 3.56. The summed E-state index contributed by atoms with van der Waals surface area (Å²) in [4.78, 5) is 26.5. The number of carbonyl (C=O) groups excluding carboxylic acids is 1. The maximum Gasteiger partial charge on any atom is 0.224 e. The van der Waals surface area contributed by atoms with Gasteiger partial charge in [-0.3, -0.25) is 4.79 Å². The van der Waals surface area contributed by atoms with Gasteiger partial charge in [0.05, 0.1) is 31.1 Å². The van der Waals surface area contributed by atoms with Crippen LogP contribution in [-0.4, -0.2) is 48.2 Å². The third-order valence-corrected chi connectivity index (χ3v) is 6.83. The minimum atomic E-state index is 0.0632. The molecule has 7 nitrogen and oxygen atoms in total. The number of hydrogen-bond donors (Lipinski definition) is 1. The second-order valence-corrected chi connectivity index (χ2v) is 9.06. The van der Waals surface area contributed by atoms with E-state index < -0.39 is 0 Å². The van der Waals surface area contributed by atoms with Gasteiger partial charge in [0.1, 0.15) is 11.6 Å². The van der Waals surface area contributed by atoms with Crippen LogP contribution in [-0.2, 0) is 9.53 Å². The first-order valence-corrected chi connectivity index (χ1v) is 11.4. The Labute approximate surface area is 183 Å². The summed E-state index contributed by atoms with van der Waals surface area (Å²) in [6, 6.07) is 8.48. The number of aromatic nitrogens is 2. The van der Waals surface area contributed by atoms with Crippen molar-refractivity contribution in [2.75, 3.05) is 41.4 Å². The number of ether oxygens (including phenoxy) is 1. The predicted molar refractivity (Wildman–Crippen MR) is 121 cm³/mol. The SMILES string of the molecule is CC(=O)N1c2cnc(N3CCOCC3)cc2[C@@H](Nc2cccc(C)n2)[C@H](C)C1C1CC1. The van der Waals surface area contributed by atoms with Gasteiger partial charge in [0.25, 0.3) is 0 Å². The molecular weight excluding hydrogens is 390 g/mol. The molecule has 31 heavy (non-hydrogen) atoms. The molecule has 0 aromatic carbocycles. The lowest BCUT2D eigenvalue weighted by Crippen LogP contribution is -2.51. The van der Waals surface area contributed by atoms with Gasteiger partial charge in [-0.25, -0.2) is 9.97 Å². The Balaban J connectivity index is 1.58. The van der Waals surface area contributed by atoms with Gasteiger partial charge in [-0.1, -0.05) is 13.0 Å². The average molecular weight is 422 g/mol. The van der Waals surface area contributed by atoms with E-state index in [0.717, 1.165) is 41.7 Å². The molecule has 0 bridgehead atoms. The highest BCUT2D eigenvalue weighted by atomic mass is 16.5. The van der Waals surface area contributed by atoms with Crippen LogP contribution >= 0.6 is 0 Å². The van der Waals surface area contributed by atoms with Crippen molar-refractivity contribution in [1.82, 2.24) is 9.97 Å². The highest BCUT2D eigenvalue weighted by molar-refractivity contribution is 5.94. The molecule has 2 aliphatic heterocycles. The fraction of sp³-hybridized carbons (Fsp3) is 0.542. The fourth-order valence-electron chi connectivity index (χ4n) is 5.19. The van der Waals surface area contributed by atoms with Gasteiger partial charge >= 0.3 is 0 Å². The quantitative estimate of drug-likeness (QED) is 0.814. The van der Waals surface area contributed by atoms with Crippen LogP contribution in [0.1, 0.15) is 44.0 Å². The molecule has 1 amide bonds. The smallest absolute Gasteiger partial charge is 0.224 e. The molecule has 164 valence electrons. The minimum absolute atomic E-state index is 0.0632. The minimum Gasteiger partial charge on any atom is -0.378 e. The number of pyridine rings is 2. The van der Waals surface area contributed by atoms with Gasteiger partial charge in [-0.15, -0.1) is 0 Å². The Morgan fingerprint density at radius 2 is 2.00 bits per heavy atom. The van der Waals surface area contributed by atoms with Crippen LogP contribution in [0.2, 0.25) is 0 Å². The van der Waals surface area contributed by atoms with Crippen molar-refractivity contribution in [3.8, 4) is 0 Å². The molecule has 3 atom stereocenters. The molecule has 0 radical (unpaired) electrons. The van der Waals surface area contributed by atoms with Crippen molar-refractivity contribution in [3.63, 3.8) is 0 Å². The van der Waals surface area contributed by atoms with E-state index in [1.807, 2.05) is 36.2 Å². The first-order valence-electron chi connectivity index (χ1n) is 11.4. The van der Waals surface area contributed by atoms with Crippen molar-refractivity contribution < 1.29 is 9.53 Å². The average Bonchev–Trinajstić information content (AvgIpc) is 3.60. The zero-order valence-corrected chi connectivity index (χ0v) is 18.5. The van der Waals surface area contributed by atoms with Crippen molar-refractivity contribution in [2.45, 2.75) is 45.7 Å². The summed E-state index contributed by atoms with van der Waals surface area (Å²) in [6.07, 6.45) is 4.27. The standard InChI is InChI=1S/C24H31N5O2/c1-15-5-4-6-21(26-15)27-23-16(2)24(18-7-8-18)29(17(3)30)20-14-25-22(13-19(20)23)28-9-11-31-12-10-28/h4-6,13-14,16,18,23-24H,7-12H2,1-3H3,(H,26,27)/t16-,23-,24?/m0/s1. The zero-order valence-electron chi connectivity index (χ0n) is 18.5. The van der Waals surface area contributed by atoms with Crippen molar-refractivity contribution >= 4 is 23.2 Å². The van der Waals surface area contributed by atoms with E-state index in [1.54, 1.807) is 6.92 Å². The van der Waals surface area contributed by atoms with Crippen molar-refractivity contribution in [2.24, 2.45) is 11.8 Å². The Kier molecular flexibility index (Phi) is 5.30. The van der Waals surface area contributed by atoms with Gasteiger partial charge in [0, 0.05) is 43.2 Å². The number of nitrogens with one attached hydrogen (secondary N) is 1. The van der Waals surface area contributed by atoms with Gasteiger partial charge in [0.2, 0.25) is 5.91 Å². The zero-order chi connectivity index (χ0) is 21.5. The van der Waals surface area contributed by atoms with E-state index in [4.69, 9.17) is 14.7 Å². The molecular formula is C24H31N5O2. The second kappa shape index (κ2) is 8.11. The molecule has 1 unspecified atom stereocenters. The highest BCUT2D eigenvalue weighted by Gasteiger charge is 2.48. The van der Waals surface area contributed by atoms with Crippen molar-refractivity contribution in [3.05, 3.63) is 41.7 Å². The van der Waals surface area contributed by atoms with Crippen LogP contribution in [0, 0.1) is 18.8 Å². The van der Waals surface area contributed by atoms with Crippen LogP contribution in [0.4, 0.5) is 17.3 Å². The summed E-state index contributed by atoms with van der Waals surface area (Å²) in [5.41, 5.74) is 3.05. The highest BCUT2D eigenvalue weighted by Crippen LogP contribution is 2.50. The summed E-state index contributed by atoms with van der Waals surface area (Å²) < 4.78 is 5.52. The van der Waals surface area contributed by atoms with E-state index in [2.05, 4.69) is 23.2 Å². The normalized spacial score (nSPS) is 25.8. The van der Waals surface area contributed by atoms with E-state index in [1.165, 1.54) is 12.8 Å². The maximum atomic E-state index is 12.8. The summed E-state index contributed by atoms with van der Waals surface area (Å²) in [6.45, 7) is 9.05.